The summed E-state index contributed by atoms with van der Waals surface area (Å²) >= 11 is 0. The Morgan fingerprint density at radius 2 is 1.97 bits per heavy atom. The predicted octanol–water partition coefficient (Wildman–Crippen LogP) is 1.07. The van der Waals surface area contributed by atoms with Crippen molar-refractivity contribution < 1.29 is 9.53 Å². The van der Waals surface area contributed by atoms with Gasteiger partial charge < -0.3 is 25.2 Å². The van der Waals surface area contributed by atoms with E-state index < -0.39 is 0 Å². The molecule has 1 unspecified atom stereocenters. The molecule has 0 spiro atoms. The molecular weight excluding hydrogens is 483 g/mol. The molecular formula is C20H43IN6O2. The molecule has 1 saturated heterocycles. The van der Waals surface area contributed by atoms with Crippen LogP contribution in [0.1, 0.15) is 32.6 Å². The average molecular weight is 527 g/mol. The quantitative estimate of drug-likeness (QED) is 0.162. The van der Waals surface area contributed by atoms with Crippen molar-refractivity contribution >= 4 is 35.8 Å². The number of amides is 1. The Morgan fingerprint density at radius 1 is 1.21 bits per heavy atom. The van der Waals surface area contributed by atoms with Crippen LogP contribution in [0.3, 0.4) is 0 Å². The van der Waals surface area contributed by atoms with Crippen molar-refractivity contribution in [3.8, 4) is 0 Å². The van der Waals surface area contributed by atoms with Crippen LogP contribution in [-0.4, -0.2) is 113 Å². The van der Waals surface area contributed by atoms with Crippen LogP contribution in [0.15, 0.2) is 4.99 Å². The van der Waals surface area contributed by atoms with Crippen LogP contribution in [0, 0.1) is 0 Å². The molecule has 0 aromatic heterocycles. The second-order valence-corrected chi connectivity index (χ2v) is 7.62. The summed E-state index contributed by atoms with van der Waals surface area (Å²) in [5, 5.41) is 6.71. The molecule has 0 aromatic carbocycles. The Bertz CT molecular complexity index is 464. The highest BCUT2D eigenvalue weighted by molar-refractivity contribution is 14.0. The lowest BCUT2D eigenvalue weighted by atomic mass is 10.2. The summed E-state index contributed by atoms with van der Waals surface area (Å²) in [6.45, 7) is 9.30. The van der Waals surface area contributed by atoms with E-state index in [1.165, 1.54) is 0 Å². The number of carbonyl (C=O) groups is 1. The summed E-state index contributed by atoms with van der Waals surface area (Å²) in [7, 11) is 7.55. The first-order valence-corrected chi connectivity index (χ1v) is 10.6. The maximum atomic E-state index is 12.3. The molecule has 0 bridgehead atoms. The molecule has 0 aromatic rings. The van der Waals surface area contributed by atoms with Gasteiger partial charge in [0.05, 0.1) is 6.04 Å². The summed E-state index contributed by atoms with van der Waals surface area (Å²) < 4.78 is 5.09. The van der Waals surface area contributed by atoms with Gasteiger partial charge in [0.1, 0.15) is 0 Å². The minimum Gasteiger partial charge on any atom is -0.385 e. The van der Waals surface area contributed by atoms with E-state index in [2.05, 4.69) is 39.4 Å². The van der Waals surface area contributed by atoms with Crippen molar-refractivity contribution in [2.45, 2.75) is 38.6 Å². The molecule has 0 aliphatic carbocycles. The number of carbonyl (C=O) groups excluding carboxylic acids is 1. The standard InChI is InChI=1S/C20H42N6O2.HI/c1-6-21-20(23-12-16-25(4)13-9-17-28-5)22-11-8-15-26-14-7-10-18(26)19(27)24(2)3;/h18H,6-17H2,1-5H3,(H2,21,22,23);1H. The van der Waals surface area contributed by atoms with E-state index in [0.29, 0.717) is 0 Å². The smallest absolute Gasteiger partial charge is 0.239 e. The van der Waals surface area contributed by atoms with Crippen molar-refractivity contribution in [1.82, 2.24) is 25.3 Å². The van der Waals surface area contributed by atoms with Gasteiger partial charge in [-0.3, -0.25) is 14.7 Å². The number of hydrogen-bond acceptors (Lipinski definition) is 5. The number of halogens is 1. The zero-order valence-corrected chi connectivity index (χ0v) is 21.4. The van der Waals surface area contributed by atoms with Gasteiger partial charge in [-0.1, -0.05) is 0 Å². The number of methoxy groups -OCH3 is 1. The Morgan fingerprint density at radius 3 is 2.62 bits per heavy atom. The number of ether oxygens (including phenoxy) is 1. The van der Waals surface area contributed by atoms with E-state index in [4.69, 9.17) is 4.74 Å². The number of hydrogen-bond donors (Lipinski definition) is 2. The molecule has 9 heteroatoms. The van der Waals surface area contributed by atoms with Crippen LogP contribution in [0.4, 0.5) is 0 Å². The largest absolute Gasteiger partial charge is 0.385 e. The first-order valence-electron chi connectivity index (χ1n) is 10.6. The second-order valence-electron chi connectivity index (χ2n) is 7.62. The minimum atomic E-state index is 0. The normalized spacial score (nSPS) is 17.3. The van der Waals surface area contributed by atoms with Gasteiger partial charge >= 0.3 is 0 Å². The monoisotopic (exact) mass is 526 g/mol. The lowest BCUT2D eigenvalue weighted by Crippen LogP contribution is -2.43. The Hall–Kier alpha value is -0.650. The maximum absolute atomic E-state index is 12.3. The van der Waals surface area contributed by atoms with E-state index >= 15 is 0 Å². The van der Waals surface area contributed by atoms with E-state index in [1.54, 1.807) is 12.0 Å². The zero-order valence-electron chi connectivity index (χ0n) is 19.1. The van der Waals surface area contributed by atoms with E-state index in [9.17, 15) is 4.79 Å². The SMILES string of the molecule is CCNC(=NCCCN1CCCC1C(=O)N(C)C)NCCN(C)CCCOC.I. The van der Waals surface area contributed by atoms with E-state index in [-0.39, 0.29) is 35.9 Å². The third-order valence-electron chi connectivity index (χ3n) is 4.98. The molecule has 1 aliphatic rings. The van der Waals surface area contributed by atoms with E-state index in [0.717, 1.165) is 84.1 Å². The lowest BCUT2D eigenvalue weighted by molar-refractivity contribution is -0.133. The molecule has 1 fully saturated rings. The van der Waals surface area contributed by atoms with Crippen molar-refractivity contribution in [2.75, 3.05) is 80.7 Å². The van der Waals surface area contributed by atoms with Gasteiger partial charge in [-0.25, -0.2) is 0 Å². The third-order valence-corrected chi connectivity index (χ3v) is 4.98. The predicted molar refractivity (Wildman–Crippen MR) is 131 cm³/mol. The highest BCUT2D eigenvalue weighted by Crippen LogP contribution is 2.18. The van der Waals surface area contributed by atoms with E-state index in [1.807, 2.05) is 14.1 Å². The van der Waals surface area contributed by atoms with Gasteiger partial charge in [-0.2, -0.15) is 0 Å². The fraction of sp³-hybridized carbons (Fsp3) is 0.900. The van der Waals surface area contributed by atoms with Crippen LogP contribution in [0.5, 0.6) is 0 Å². The maximum Gasteiger partial charge on any atom is 0.239 e. The first kappa shape index (κ1) is 28.4. The van der Waals surface area contributed by atoms with Crippen molar-refractivity contribution in [1.29, 1.82) is 0 Å². The topological polar surface area (TPSA) is 72.4 Å². The summed E-state index contributed by atoms with van der Waals surface area (Å²) in [5.74, 6) is 1.10. The average Bonchev–Trinajstić information content (AvgIpc) is 3.13. The summed E-state index contributed by atoms with van der Waals surface area (Å²) in [6, 6.07) is 0.0546. The molecule has 1 atom stereocenters. The van der Waals surface area contributed by atoms with Crippen LogP contribution in [0.25, 0.3) is 0 Å². The number of likely N-dealkylation sites (tertiary alicyclic amines) is 1. The molecule has 0 saturated carbocycles. The number of nitrogens with one attached hydrogen (secondary N) is 2. The molecule has 8 nitrogen and oxygen atoms in total. The Kier molecular flexibility index (Phi) is 16.7. The number of guanidine groups is 1. The Labute approximate surface area is 194 Å². The van der Waals surface area contributed by atoms with Crippen LogP contribution in [-0.2, 0) is 9.53 Å². The number of likely N-dealkylation sites (N-methyl/N-ethyl adjacent to an activating group) is 2. The first-order chi connectivity index (χ1) is 13.5. The molecule has 1 amide bonds. The molecule has 1 aliphatic heterocycles. The Balaban J connectivity index is 0.00000784. The highest BCUT2D eigenvalue weighted by atomic mass is 127. The molecule has 2 N–H and O–H groups in total. The summed E-state index contributed by atoms with van der Waals surface area (Å²) in [6.07, 6.45) is 4.09. The second kappa shape index (κ2) is 17.1. The van der Waals surface area contributed by atoms with Crippen LogP contribution >= 0.6 is 24.0 Å². The number of aliphatic imine (C=N–C) groups is 1. The fourth-order valence-electron chi connectivity index (χ4n) is 3.43. The molecule has 1 rings (SSSR count). The van der Waals surface area contributed by atoms with Gasteiger partial charge in [0.25, 0.3) is 0 Å². The number of nitrogens with zero attached hydrogens (tertiary/aromatic N) is 4. The van der Waals surface area contributed by atoms with Crippen LogP contribution < -0.4 is 10.6 Å². The third kappa shape index (κ3) is 12.0. The van der Waals surface area contributed by atoms with Gasteiger partial charge in [-0.05, 0) is 46.2 Å². The lowest BCUT2D eigenvalue weighted by Gasteiger charge is -2.25. The van der Waals surface area contributed by atoms with Crippen molar-refractivity contribution in [2.24, 2.45) is 4.99 Å². The molecule has 172 valence electrons. The fourth-order valence-corrected chi connectivity index (χ4v) is 3.43. The van der Waals surface area contributed by atoms with Gasteiger partial charge in [0.15, 0.2) is 5.96 Å². The van der Waals surface area contributed by atoms with Gasteiger partial charge in [0, 0.05) is 67.1 Å². The summed E-state index contributed by atoms with van der Waals surface area (Å²) in [5.41, 5.74) is 0. The molecule has 0 radical (unpaired) electrons. The highest BCUT2D eigenvalue weighted by Gasteiger charge is 2.30. The van der Waals surface area contributed by atoms with Crippen molar-refractivity contribution in [3.05, 3.63) is 0 Å². The van der Waals surface area contributed by atoms with Gasteiger partial charge in [0.2, 0.25) is 5.91 Å². The van der Waals surface area contributed by atoms with Gasteiger partial charge in [-0.15, -0.1) is 24.0 Å². The molecule has 1 heterocycles. The zero-order chi connectivity index (χ0) is 20.8. The number of rotatable bonds is 13. The summed E-state index contributed by atoms with van der Waals surface area (Å²) in [4.78, 5) is 23.3. The van der Waals surface area contributed by atoms with Crippen molar-refractivity contribution in [3.63, 3.8) is 0 Å². The molecule has 29 heavy (non-hydrogen) atoms. The van der Waals surface area contributed by atoms with Crippen LogP contribution in [0.2, 0.25) is 0 Å². The minimum absolute atomic E-state index is 0.